The van der Waals surface area contributed by atoms with Crippen LogP contribution in [-0.2, 0) is 0 Å². The summed E-state index contributed by atoms with van der Waals surface area (Å²) in [5, 5.41) is 19.1. The van der Waals surface area contributed by atoms with E-state index in [4.69, 9.17) is 10.2 Å². The molecule has 2 N–H and O–H groups in total. The lowest BCUT2D eigenvalue weighted by Gasteiger charge is -2.16. The summed E-state index contributed by atoms with van der Waals surface area (Å²) >= 11 is 1.40. The zero-order valence-electron chi connectivity index (χ0n) is 11.1. The molecular formula is C14H19NO3S. The minimum Gasteiger partial charge on any atom is -0.396 e. The molecule has 0 aliphatic heterocycles. The van der Waals surface area contributed by atoms with Crippen LogP contribution in [0.1, 0.15) is 34.5 Å². The summed E-state index contributed by atoms with van der Waals surface area (Å²) in [7, 11) is 1.78. The topological polar surface area (TPSA) is 60.8 Å². The Balaban J connectivity index is 2.49. The van der Waals surface area contributed by atoms with E-state index in [0.717, 1.165) is 24.1 Å². The fourth-order valence-electron chi connectivity index (χ4n) is 1.60. The summed E-state index contributed by atoms with van der Waals surface area (Å²) < 4.78 is 0. The molecule has 0 spiro atoms. The smallest absolute Gasteiger partial charge is 0.254 e. The summed E-state index contributed by atoms with van der Waals surface area (Å²) in [5.74, 6) is 5.33. The van der Waals surface area contributed by atoms with Crippen LogP contribution in [0.4, 0.5) is 0 Å². The minimum absolute atomic E-state index is 0.0164. The highest BCUT2D eigenvalue weighted by atomic mass is 32.1. The Morgan fingerprint density at radius 2 is 2.16 bits per heavy atom. The third kappa shape index (κ3) is 5.43. The number of amides is 1. The van der Waals surface area contributed by atoms with Gasteiger partial charge in [0.1, 0.15) is 6.61 Å². The average molecular weight is 281 g/mol. The number of hydrogen-bond acceptors (Lipinski definition) is 4. The van der Waals surface area contributed by atoms with E-state index in [0.29, 0.717) is 12.1 Å². The molecule has 0 unspecified atom stereocenters. The maximum absolute atomic E-state index is 12.1. The molecule has 4 nitrogen and oxygen atoms in total. The van der Waals surface area contributed by atoms with Crippen LogP contribution in [0.15, 0.2) is 11.4 Å². The first-order valence-electron chi connectivity index (χ1n) is 6.23. The molecule has 0 fully saturated rings. The standard InChI is InChI=1S/C14H19NO3S/c1-15(7-3-2-4-8-16)14(18)12-10-13(19-11-12)6-5-9-17/h10-11,16-17H,2-4,7-9H2,1H3. The predicted octanol–water partition coefficient (Wildman–Crippen LogP) is 1.33. The Labute approximate surface area is 117 Å². The summed E-state index contributed by atoms with van der Waals surface area (Å²) in [6.07, 6.45) is 2.59. The molecule has 5 heteroatoms. The fourth-order valence-corrected chi connectivity index (χ4v) is 2.35. The molecule has 1 heterocycles. The molecule has 0 saturated carbocycles. The minimum atomic E-state index is -0.175. The first-order chi connectivity index (χ1) is 9.19. The van der Waals surface area contributed by atoms with Crippen LogP contribution in [0.2, 0.25) is 0 Å². The molecular weight excluding hydrogens is 262 g/mol. The lowest BCUT2D eigenvalue weighted by atomic mass is 10.2. The van der Waals surface area contributed by atoms with E-state index in [2.05, 4.69) is 11.8 Å². The van der Waals surface area contributed by atoms with Crippen molar-refractivity contribution in [2.24, 2.45) is 0 Å². The second-order valence-electron chi connectivity index (χ2n) is 4.17. The highest BCUT2D eigenvalue weighted by Crippen LogP contribution is 2.15. The summed E-state index contributed by atoms with van der Waals surface area (Å²) in [6, 6.07) is 1.75. The number of thiophene rings is 1. The Morgan fingerprint density at radius 3 is 2.84 bits per heavy atom. The molecule has 1 rings (SSSR count). The van der Waals surface area contributed by atoms with Gasteiger partial charge in [0, 0.05) is 25.6 Å². The Hall–Kier alpha value is -1.35. The Kier molecular flexibility index (Phi) is 7.19. The molecule has 1 aromatic heterocycles. The van der Waals surface area contributed by atoms with Crippen molar-refractivity contribution in [1.82, 2.24) is 4.90 Å². The first-order valence-corrected chi connectivity index (χ1v) is 7.11. The molecule has 0 radical (unpaired) electrons. The maximum Gasteiger partial charge on any atom is 0.254 e. The van der Waals surface area contributed by atoms with Crippen LogP contribution in [-0.4, -0.2) is 47.8 Å². The Morgan fingerprint density at radius 1 is 1.37 bits per heavy atom. The van der Waals surface area contributed by atoms with Crippen molar-refractivity contribution in [2.75, 3.05) is 26.8 Å². The van der Waals surface area contributed by atoms with Crippen molar-refractivity contribution < 1.29 is 15.0 Å². The van der Waals surface area contributed by atoms with E-state index in [1.54, 1.807) is 23.4 Å². The van der Waals surface area contributed by atoms with Crippen molar-refractivity contribution in [3.05, 3.63) is 21.9 Å². The molecule has 104 valence electrons. The molecule has 0 aliphatic rings. The Bertz CT molecular complexity index is 459. The number of aliphatic hydroxyl groups excluding tert-OH is 2. The van der Waals surface area contributed by atoms with E-state index in [9.17, 15) is 4.79 Å². The van der Waals surface area contributed by atoms with E-state index < -0.39 is 0 Å². The third-order valence-corrected chi connectivity index (χ3v) is 3.48. The van der Waals surface area contributed by atoms with Crippen LogP contribution in [0.5, 0.6) is 0 Å². The summed E-state index contributed by atoms with van der Waals surface area (Å²) in [4.78, 5) is 14.5. The molecule has 0 aliphatic carbocycles. The van der Waals surface area contributed by atoms with E-state index in [1.165, 1.54) is 11.3 Å². The largest absolute Gasteiger partial charge is 0.396 e. The van der Waals surface area contributed by atoms with Crippen molar-refractivity contribution in [2.45, 2.75) is 19.3 Å². The number of unbranched alkanes of at least 4 members (excludes halogenated alkanes) is 2. The molecule has 19 heavy (non-hydrogen) atoms. The molecule has 0 saturated heterocycles. The van der Waals surface area contributed by atoms with Gasteiger partial charge in [0.05, 0.1) is 10.4 Å². The van der Waals surface area contributed by atoms with Gasteiger partial charge in [0.2, 0.25) is 0 Å². The highest BCUT2D eigenvalue weighted by molar-refractivity contribution is 7.10. The predicted molar refractivity (Wildman–Crippen MR) is 76.2 cm³/mol. The van der Waals surface area contributed by atoms with Crippen molar-refractivity contribution in [1.29, 1.82) is 0 Å². The number of carbonyl (C=O) groups excluding carboxylic acids is 1. The van der Waals surface area contributed by atoms with Gasteiger partial charge in [-0.25, -0.2) is 0 Å². The maximum atomic E-state index is 12.1. The molecule has 1 amide bonds. The van der Waals surface area contributed by atoms with Gasteiger partial charge in [-0.3, -0.25) is 4.79 Å². The van der Waals surface area contributed by atoms with Gasteiger partial charge in [0.15, 0.2) is 0 Å². The average Bonchev–Trinajstić information content (AvgIpc) is 2.89. The third-order valence-electron chi connectivity index (χ3n) is 2.64. The molecule has 0 aromatic carbocycles. The molecule has 0 bridgehead atoms. The van der Waals surface area contributed by atoms with E-state index in [-0.39, 0.29) is 19.1 Å². The monoisotopic (exact) mass is 281 g/mol. The van der Waals surface area contributed by atoms with Crippen LogP contribution >= 0.6 is 11.3 Å². The SMILES string of the molecule is CN(CCCCCO)C(=O)c1csc(C#CCO)c1. The summed E-state index contributed by atoms with van der Waals surface area (Å²) in [6.45, 7) is 0.716. The van der Waals surface area contributed by atoms with Gasteiger partial charge in [-0.2, -0.15) is 0 Å². The van der Waals surface area contributed by atoms with Crippen molar-refractivity contribution >= 4 is 17.2 Å². The van der Waals surface area contributed by atoms with Gasteiger partial charge < -0.3 is 15.1 Å². The van der Waals surface area contributed by atoms with Crippen LogP contribution in [0.3, 0.4) is 0 Å². The number of aliphatic hydroxyl groups is 2. The zero-order valence-corrected chi connectivity index (χ0v) is 11.9. The first kappa shape index (κ1) is 15.7. The van der Waals surface area contributed by atoms with E-state index >= 15 is 0 Å². The fraction of sp³-hybridized carbons (Fsp3) is 0.500. The van der Waals surface area contributed by atoms with Crippen LogP contribution < -0.4 is 0 Å². The zero-order chi connectivity index (χ0) is 14.1. The normalized spacial score (nSPS) is 9.84. The van der Waals surface area contributed by atoms with Gasteiger partial charge >= 0.3 is 0 Å². The molecule has 0 atom stereocenters. The summed E-state index contributed by atoms with van der Waals surface area (Å²) in [5.41, 5.74) is 0.636. The van der Waals surface area contributed by atoms with Gasteiger partial charge in [-0.05, 0) is 25.3 Å². The number of hydrogen-bond donors (Lipinski definition) is 2. The van der Waals surface area contributed by atoms with Crippen molar-refractivity contribution in [3.63, 3.8) is 0 Å². The van der Waals surface area contributed by atoms with E-state index in [1.807, 2.05) is 0 Å². The highest BCUT2D eigenvalue weighted by Gasteiger charge is 2.12. The number of carbonyl (C=O) groups is 1. The second kappa shape index (κ2) is 8.70. The number of nitrogens with zero attached hydrogens (tertiary/aromatic N) is 1. The van der Waals surface area contributed by atoms with Crippen molar-refractivity contribution in [3.8, 4) is 11.8 Å². The second-order valence-corrected chi connectivity index (χ2v) is 5.08. The van der Waals surface area contributed by atoms with Gasteiger partial charge in [-0.15, -0.1) is 11.3 Å². The van der Waals surface area contributed by atoms with Crippen LogP contribution in [0, 0.1) is 11.8 Å². The van der Waals surface area contributed by atoms with Crippen LogP contribution in [0.25, 0.3) is 0 Å². The lowest BCUT2D eigenvalue weighted by molar-refractivity contribution is 0.0792. The lowest BCUT2D eigenvalue weighted by Crippen LogP contribution is -2.27. The van der Waals surface area contributed by atoms with Gasteiger partial charge in [-0.1, -0.05) is 11.8 Å². The molecule has 1 aromatic rings. The quantitative estimate of drug-likeness (QED) is 0.611. The van der Waals surface area contributed by atoms with Gasteiger partial charge in [0.25, 0.3) is 5.91 Å². The number of rotatable bonds is 6.